The van der Waals surface area contributed by atoms with Crippen LogP contribution in [0.4, 0.5) is 4.39 Å². The number of benzene rings is 3. The van der Waals surface area contributed by atoms with Crippen LogP contribution in [0.2, 0.25) is 0 Å². The Bertz CT molecular complexity index is 1410. The Morgan fingerprint density at radius 1 is 1.09 bits per heavy atom. The van der Waals surface area contributed by atoms with E-state index in [9.17, 15) is 14.3 Å². The van der Waals surface area contributed by atoms with Crippen molar-refractivity contribution in [1.82, 2.24) is 4.57 Å². The molecule has 0 bridgehead atoms. The largest absolute Gasteiger partial charge is 0.478 e. The molecule has 0 amide bonds. The molecule has 2 heterocycles. The van der Waals surface area contributed by atoms with Crippen molar-refractivity contribution in [2.24, 2.45) is 4.99 Å². The number of carboxylic acids is 1. The molecule has 1 aromatic heterocycles. The molecule has 0 unspecified atom stereocenters. The molecule has 0 fully saturated rings. The number of hydrogen-bond donors (Lipinski definition) is 1. The SMILES string of the molecule is Cc1cc(C(=O)O)ccc1-c1c(C(C)C)n(-c2ccc(F)cc2)c2cc3c(cc12)CN=C3. The van der Waals surface area contributed by atoms with Crippen molar-refractivity contribution in [2.45, 2.75) is 33.2 Å². The second-order valence-corrected chi connectivity index (χ2v) is 8.60. The van der Waals surface area contributed by atoms with E-state index in [0.29, 0.717) is 6.54 Å². The van der Waals surface area contributed by atoms with Crippen LogP contribution in [0.5, 0.6) is 0 Å². The first-order valence-electron chi connectivity index (χ1n) is 10.7. The molecule has 0 radical (unpaired) electrons. The standard InChI is InChI=1S/C27H23FN2O2/c1-15(2)26-25(22-9-4-17(27(31)32)10-16(22)3)23-11-18-13-29-14-19(18)12-24(23)30(26)21-7-5-20(28)6-8-21/h4-12,14-15H,13H2,1-3H3,(H,31,32). The number of carbonyl (C=O) groups is 1. The van der Waals surface area contributed by atoms with E-state index >= 15 is 0 Å². The Balaban J connectivity index is 1.90. The van der Waals surface area contributed by atoms with Gasteiger partial charge in [-0.05, 0) is 83.6 Å². The van der Waals surface area contributed by atoms with Crippen molar-refractivity contribution in [3.05, 3.63) is 88.4 Å². The monoisotopic (exact) mass is 426 g/mol. The predicted octanol–water partition coefficient (Wildman–Crippen LogP) is 6.50. The number of aryl methyl sites for hydroxylation is 1. The Kier molecular flexibility index (Phi) is 4.70. The van der Waals surface area contributed by atoms with E-state index in [4.69, 9.17) is 0 Å². The lowest BCUT2D eigenvalue weighted by atomic mass is 9.92. The number of aromatic nitrogens is 1. The van der Waals surface area contributed by atoms with Crippen LogP contribution in [-0.2, 0) is 6.54 Å². The van der Waals surface area contributed by atoms with E-state index in [1.54, 1.807) is 24.3 Å². The average Bonchev–Trinajstić information content (AvgIpc) is 3.34. The molecular weight excluding hydrogens is 403 g/mol. The van der Waals surface area contributed by atoms with Crippen LogP contribution >= 0.6 is 0 Å². The quantitative estimate of drug-likeness (QED) is 0.405. The summed E-state index contributed by atoms with van der Waals surface area (Å²) in [6, 6.07) is 16.2. The summed E-state index contributed by atoms with van der Waals surface area (Å²) in [5.41, 5.74) is 8.56. The minimum atomic E-state index is -0.938. The van der Waals surface area contributed by atoms with Crippen molar-refractivity contribution in [1.29, 1.82) is 0 Å². The summed E-state index contributed by atoms with van der Waals surface area (Å²) >= 11 is 0. The first-order valence-corrected chi connectivity index (χ1v) is 10.7. The summed E-state index contributed by atoms with van der Waals surface area (Å²) in [6.45, 7) is 6.89. The van der Waals surface area contributed by atoms with Crippen LogP contribution in [-0.4, -0.2) is 21.9 Å². The van der Waals surface area contributed by atoms with Gasteiger partial charge in [-0.15, -0.1) is 0 Å². The third-order valence-electron chi connectivity index (χ3n) is 6.13. The molecule has 0 aliphatic carbocycles. The zero-order valence-electron chi connectivity index (χ0n) is 18.2. The van der Waals surface area contributed by atoms with E-state index in [1.165, 1.54) is 17.7 Å². The topological polar surface area (TPSA) is 54.6 Å². The van der Waals surface area contributed by atoms with Gasteiger partial charge in [-0.1, -0.05) is 19.9 Å². The highest BCUT2D eigenvalue weighted by Crippen LogP contribution is 2.43. The predicted molar refractivity (Wildman–Crippen MR) is 126 cm³/mol. The van der Waals surface area contributed by atoms with Gasteiger partial charge in [0.2, 0.25) is 0 Å². The number of nitrogens with zero attached hydrogens (tertiary/aromatic N) is 2. The van der Waals surface area contributed by atoms with E-state index in [2.05, 4.69) is 35.5 Å². The van der Waals surface area contributed by atoms with Crippen LogP contribution < -0.4 is 0 Å². The fourth-order valence-electron chi connectivity index (χ4n) is 4.69. The molecule has 1 aliphatic rings. The van der Waals surface area contributed by atoms with Crippen LogP contribution in [0.3, 0.4) is 0 Å². The summed E-state index contributed by atoms with van der Waals surface area (Å²) in [6.07, 6.45) is 1.90. The first-order chi connectivity index (χ1) is 15.3. The van der Waals surface area contributed by atoms with Crippen LogP contribution in [0.1, 0.15) is 52.5 Å². The van der Waals surface area contributed by atoms with Gasteiger partial charge in [0, 0.05) is 28.5 Å². The summed E-state index contributed by atoms with van der Waals surface area (Å²) in [5.74, 6) is -1.04. The lowest BCUT2D eigenvalue weighted by Crippen LogP contribution is -2.04. The minimum Gasteiger partial charge on any atom is -0.478 e. The van der Waals surface area contributed by atoms with Crippen molar-refractivity contribution >= 4 is 23.1 Å². The van der Waals surface area contributed by atoms with Crippen molar-refractivity contribution in [3.63, 3.8) is 0 Å². The van der Waals surface area contributed by atoms with E-state index in [0.717, 1.165) is 44.5 Å². The number of aliphatic imine (C=N–C) groups is 1. The summed E-state index contributed by atoms with van der Waals surface area (Å²) in [5, 5.41) is 10.5. The third-order valence-corrected chi connectivity index (χ3v) is 6.13. The molecule has 0 saturated carbocycles. The number of hydrogen-bond acceptors (Lipinski definition) is 2. The first kappa shape index (κ1) is 20.2. The molecule has 4 nitrogen and oxygen atoms in total. The Morgan fingerprint density at radius 2 is 1.84 bits per heavy atom. The molecule has 5 heteroatoms. The van der Waals surface area contributed by atoms with Crippen LogP contribution in [0.15, 0.2) is 59.6 Å². The molecule has 32 heavy (non-hydrogen) atoms. The Hall–Kier alpha value is -3.73. The lowest BCUT2D eigenvalue weighted by molar-refractivity contribution is 0.0697. The second kappa shape index (κ2) is 7.45. The maximum absolute atomic E-state index is 13.7. The van der Waals surface area contributed by atoms with Gasteiger partial charge in [0.15, 0.2) is 0 Å². The molecule has 0 atom stereocenters. The molecule has 1 aliphatic heterocycles. The zero-order valence-corrected chi connectivity index (χ0v) is 18.2. The van der Waals surface area contributed by atoms with E-state index in [-0.39, 0.29) is 17.3 Å². The number of carboxylic acid groups (broad SMARTS) is 1. The van der Waals surface area contributed by atoms with Gasteiger partial charge < -0.3 is 9.67 Å². The molecule has 5 rings (SSSR count). The molecule has 160 valence electrons. The summed E-state index contributed by atoms with van der Waals surface area (Å²) in [7, 11) is 0. The summed E-state index contributed by atoms with van der Waals surface area (Å²) in [4.78, 5) is 15.9. The second-order valence-electron chi connectivity index (χ2n) is 8.60. The van der Waals surface area contributed by atoms with Gasteiger partial charge in [0.1, 0.15) is 5.82 Å². The van der Waals surface area contributed by atoms with Crippen molar-refractivity contribution in [2.75, 3.05) is 0 Å². The molecule has 3 aromatic carbocycles. The average molecular weight is 426 g/mol. The van der Waals surface area contributed by atoms with Gasteiger partial charge in [-0.25, -0.2) is 9.18 Å². The van der Waals surface area contributed by atoms with Crippen molar-refractivity contribution < 1.29 is 14.3 Å². The summed E-state index contributed by atoms with van der Waals surface area (Å²) < 4.78 is 15.9. The maximum atomic E-state index is 13.7. The van der Waals surface area contributed by atoms with E-state index in [1.807, 2.05) is 19.2 Å². The van der Waals surface area contributed by atoms with Gasteiger partial charge in [0.05, 0.1) is 17.6 Å². The normalized spacial score (nSPS) is 12.7. The Morgan fingerprint density at radius 3 is 2.50 bits per heavy atom. The van der Waals surface area contributed by atoms with Gasteiger partial charge in [0.25, 0.3) is 0 Å². The van der Waals surface area contributed by atoms with Crippen LogP contribution in [0.25, 0.3) is 27.7 Å². The van der Waals surface area contributed by atoms with Crippen molar-refractivity contribution in [3.8, 4) is 16.8 Å². The highest BCUT2D eigenvalue weighted by molar-refractivity contribution is 6.04. The number of fused-ring (bicyclic) bond motifs is 2. The molecule has 1 N–H and O–H groups in total. The zero-order chi connectivity index (χ0) is 22.6. The minimum absolute atomic E-state index is 0.171. The van der Waals surface area contributed by atoms with Crippen LogP contribution in [0, 0.1) is 12.7 Å². The number of rotatable bonds is 4. The molecule has 0 spiro atoms. The highest BCUT2D eigenvalue weighted by atomic mass is 19.1. The number of halogens is 1. The van der Waals surface area contributed by atoms with Gasteiger partial charge in [-0.2, -0.15) is 0 Å². The maximum Gasteiger partial charge on any atom is 0.335 e. The Labute approximate surface area is 185 Å². The fraction of sp³-hybridized carbons (Fsp3) is 0.185. The molecule has 0 saturated heterocycles. The number of aromatic carboxylic acids is 1. The van der Waals surface area contributed by atoms with Gasteiger partial charge >= 0.3 is 5.97 Å². The lowest BCUT2D eigenvalue weighted by Gasteiger charge is -2.17. The third kappa shape index (κ3) is 3.12. The smallest absolute Gasteiger partial charge is 0.335 e. The molecular formula is C27H23FN2O2. The molecule has 4 aromatic rings. The fourth-order valence-corrected chi connectivity index (χ4v) is 4.69. The van der Waals surface area contributed by atoms with Gasteiger partial charge in [-0.3, -0.25) is 4.99 Å². The van der Waals surface area contributed by atoms with E-state index < -0.39 is 5.97 Å². The highest BCUT2D eigenvalue weighted by Gasteiger charge is 2.25.